The fourth-order valence-electron chi connectivity index (χ4n) is 2.38. The minimum Gasteiger partial charge on any atom is -0.480 e. The summed E-state index contributed by atoms with van der Waals surface area (Å²) in [5.74, 6) is -1.06. The molecule has 1 aromatic carbocycles. The van der Waals surface area contributed by atoms with Crippen molar-refractivity contribution in [2.75, 3.05) is 6.54 Å². The van der Waals surface area contributed by atoms with Crippen LogP contribution >= 0.6 is 0 Å². The Bertz CT molecular complexity index is 673. The predicted octanol–water partition coefficient (Wildman–Crippen LogP) is 1.73. The Morgan fingerprint density at radius 1 is 1.35 bits per heavy atom. The van der Waals surface area contributed by atoms with Crippen molar-refractivity contribution >= 4 is 22.7 Å². The van der Waals surface area contributed by atoms with Crippen molar-refractivity contribution in [2.45, 2.75) is 19.9 Å². The highest BCUT2D eigenvalue weighted by atomic mass is 16.4. The molecule has 1 atom stereocenters. The smallest absolute Gasteiger partial charge is 0.317 e. The number of carbonyl (C=O) groups is 2. The minimum absolute atomic E-state index is 0.0828. The van der Waals surface area contributed by atoms with Gasteiger partial charge in [-0.2, -0.15) is 0 Å². The quantitative estimate of drug-likeness (QED) is 0.815. The van der Waals surface area contributed by atoms with Gasteiger partial charge in [0.2, 0.25) is 0 Å². The first-order valence-corrected chi connectivity index (χ1v) is 6.47. The van der Waals surface area contributed by atoms with E-state index in [0.717, 1.165) is 16.6 Å². The molecule has 0 spiro atoms. The number of benzene rings is 1. The number of hydrogen-bond acceptors (Lipinski definition) is 3. The van der Waals surface area contributed by atoms with E-state index in [1.807, 2.05) is 42.8 Å². The van der Waals surface area contributed by atoms with Crippen molar-refractivity contribution < 1.29 is 14.7 Å². The highest BCUT2D eigenvalue weighted by molar-refractivity contribution is 6.11. The molecule has 2 aromatic rings. The average Bonchev–Trinajstić information content (AvgIpc) is 2.68. The molecule has 0 saturated carbocycles. The molecule has 0 saturated heterocycles. The van der Waals surface area contributed by atoms with Crippen LogP contribution < -0.4 is 5.32 Å². The summed E-state index contributed by atoms with van der Waals surface area (Å²) in [4.78, 5) is 23.1. The van der Waals surface area contributed by atoms with E-state index >= 15 is 0 Å². The van der Waals surface area contributed by atoms with Crippen molar-refractivity contribution in [1.29, 1.82) is 0 Å². The standard InChI is InChI=1S/C15H18N2O3/c1-9(16-8-13(18)19)15(20)14-10(2)17(3)12-7-5-4-6-11(12)14/h4-7,9,16H,8H2,1-3H3,(H,18,19). The van der Waals surface area contributed by atoms with E-state index in [0.29, 0.717) is 5.56 Å². The van der Waals surface area contributed by atoms with E-state index in [1.54, 1.807) is 6.92 Å². The van der Waals surface area contributed by atoms with E-state index < -0.39 is 12.0 Å². The van der Waals surface area contributed by atoms with Gasteiger partial charge in [0.25, 0.3) is 0 Å². The van der Waals surface area contributed by atoms with Gasteiger partial charge in [-0.15, -0.1) is 0 Å². The van der Waals surface area contributed by atoms with E-state index in [-0.39, 0.29) is 12.3 Å². The average molecular weight is 274 g/mol. The number of carboxylic acids is 1. The van der Waals surface area contributed by atoms with Crippen LogP contribution in [0.15, 0.2) is 24.3 Å². The van der Waals surface area contributed by atoms with Gasteiger partial charge in [-0.05, 0) is 19.9 Å². The molecule has 0 aliphatic carbocycles. The summed E-state index contributed by atoms with van der Waals surface area (Å²) in [5, 5.41) is 12.3. The zero-order chi connectivity index (χ0) is 14.9. The molecule has 0 aliphatic rings. The van der Waals surface area contributed by atoms with E-state index in [1.165, 1.54) is 0 Å². The lowest BCUT2D eigenvalue weighted by atomic mass is 10.0. The molecule has 0 fully saturated rings. The second-order valence-corrected chi connectivity index (χ2v) is 4.90. The maximum atomic E-state index is 12.5. The summed E-state index contributed by atoms with van der Waals surface area (Å²) >= 11 is 0. The van der Waals surface area contributed by atoms with Crippen LogP contribution in [0.2, 0.25) is 0 Å². The molecule has 1 aromatic heterocycles. The molecule has 0 aliphatic heterocycles. The van der Waals surface area contributed by atoms with Crippen LogP contribution in [0, 0.1) is 6.92 Å². The monoisotopic (exact) mass is 274 g/mol. The number of fused-ring (bicyclic) bond motifs is 1. The third-order valence-electron chi connectivity index (χ3n) is 3.60. The molecule has 5 nitrogen and oxygen atoms in total. The fraction of sp³-hybridized carbons (Fsp3) is 0.333. The second-order valence-electron chi connectivity index (χ2n) is 4.90. The van der Waals surface area contributed by atoms with Crippen LogP contribution in [0.5, 0.6) is 0 Å². The molecule has 106 valence electrons. The number of rotatable bonds is 5. The molecule has 5 heteroatoms. The Labute approximate surface area is 117 Å². The Morgan fingerprint density at radius 3 is 2.65 bits per heavy atom. The topological polar surface area (TPSA) is 71.3 Å². The van der Waals surface area contributed by atoms with Crippen LogP contribution in [0.4, 0.5) is 0 Å². The highest BCUT2D eigenvalue weighted by Gasteiger charge is 2.22. The van der Waals surface area contributed by atoms with Gasteiger partial charge >= 0.3 is 5.97 Å². The Morgan fingerprint density at radius 2 is 2.00 bits per heavy atom. The number of Topliss-reactive ketones (excluding diaryl/α,β-unsaturated/α-hetero) is 1. The maximum Gasteiger partial charge on any atom is 0.317 e. The third kappa shape index (κ3) is 2.44. The summed E-state index contributed by atoms with van der Waals surface area (Å²) in [5.41, 5.74) is 2.55. The molecular weight excluding hydrogens is 256 g/mol. The Hall–Kier alpha value is -2.14. The predicted molar refractivity (Wildman–Crippen MR) is 77.1 cm³/mol. The first-order valence-electron chi connectivity index (χ1n) is 6.47. The summed E-state index contributed by atoms with van der Waals surface area (Å²) in [6.07, 6.45) is 0. The summed E-state index contributed by atoms with van der Waals surface area (Å²) in [6.45, 7) is 3.36. The summed E-state index contributed by atoms with van der Waals surface area (Å²) in [6, 6.07) is 7.18. The van der Waals surface area contributed by atoms with Crippen LogP contribution in [0.3, 0.4) is 0 Å². The van der Waals surface area contributed by atoms with Crippen molar-refractivity contribution in [3.8, 4) is 0 Å². The van der Waals surface area contributed by atoms with Crippen molar-refractivity contribution in [2.24, 2.45) is 7.05 Å². The third-order valence-corrected chi connectivity index (χ3v) is 3.60. The van der Waals surface area contributed by atoms with Crippen LogP contribution in [0.25, 0.3) is 10.9 Å². The van der Waals surface area contributed by atoms with Gasteiger partial charge in [0, 0.05) is 29.2 Å². The number of aromatic nitrogens is 1. The van der Waals surface area contributed by atoms with E-state index in [4.69, 9.17) is 5.11 Å². The van der Waals surface area contributed by atoms with Gasteiger partial charge in [-0.25, -0.2) is 0 Å². The number of para-hydroxylation sites is 1. The number of hydrogen-bond donors (Lipinski definition) is 2. The van der Waals surface area contributed by atoms with Gasteiger partial charge in [0.15, 0.2) is 5.78 Å². The van der Waals surface area contributed by atoms with Crippen LogP contribution in [-0.2, 0) is 11.8 Å². The van der Waals surface area contributed by atoms with E-state index in [2.05, 4.69) is 5.32 Å². The summed E-state index contributed by atoms with van der Waals surface area (Å²) < 4.78 is 1.98. The SMILES string of the molecule is Cc1c(C(=O)C(C)NCC(=O)O)c2ccccc2n1C. The van der Waals surface area contributed by atoms with Crippen molar-refractivity contribution in [3.05, 3.63) is 35.5 Å². The number of aryl methyl sites for hydroxylation is 1. The van der Waals surface area contributed by atoms with Gasteiger partial charge in [0.05, 0.1) is 12.6 Å². The number of aliphatic carboxylic acids is 1. The van der Waals surface area contributed by atoms with Crippen LogP contribution in [0.1, 0.15) is 23.0 Å². The van der Waals surface area contributed by atoms with Gasteiger partial charge in [0.1, 0.15) is 0 Å². The lowest BCUT2D eigenvalue weighted by Gasteiger charge is -2.11. The summed E-state index contributed by atoms with van der Waals surface area (Å²) in [7, 11) is 1.92. The zero-order valence-corrected chi connectivity index (χ0v) is 11.8. The Kier molecular flexibility index (Phi) is 3.90. The lowest BCUT2D eigenvalue weighted by Crippen LogP contribution is -2.37. The van der Waals surface area contributed by atoms with Gasteiger partial charge < -0.3 is 9.67 Å². The first-order chi connectivity index (χ1) is 9.43. The van der Waals surface area contributed by atoms with Crippen molar-refractivity contribution in [3.63, 3.8) is 0 Å². The first kappa shape index (κ1) is 14.3. The highest BCUT2D eigenvalue weighted by Crippen LogP contribution is 2.25. The van der Waals surface area contributed by atoms with E-state index in [9.17, 15) is 9.59 Å². The molecule has 0 bridgehead atoms. The normalized spacial score (nSPS) is 12.6. The number of ketones is 1. The molecular formula is C15H18N2O3. The molecule has 1 unspecified atom stereocenters. The fourth-order valence-corrected chi connectivity index (χ4v) is 2.38. The van der Waals surface area contributed by atoms with Crippen LogP contribution in [-0.4, -0.2) is 34.0 Å². The molecule has 1 heterocycles. The lowest BCUT2D eigenvalue weighted by molar-refractivity contribution is -0.136. The maximum absolute atomic E-state index is 12.5. The molecule has 0 amide bonds. The number of nitrogens with one attached hydrogen (secondary N) is 1. The Balaban J connectivity index is 2.39. The van der Waals surface area contributed by atoms with Gasteiger partial charge in [-0.1, -0.05) is 18.2 Å². The number of carboxylic acid groups (broad SMARTS) is 1. The molecule has 0 radical (unpaired) electrons. The largest absolute Gasteiger partial charge is 0.480 e. The zero-order valence-electron chi connectivity index (χ0n) is 11.8. The number of nitrogens with zero attached hydrogens (tertiary/aromatic N) is 1. The van der Waals surface area contributed by atoms with Gasteiger partial charge in [-0.3, -0.25) is 14.9 Å². The molecule has 2 N–H and O–H groups in total. The number of carbonyl (C=O) groups excluding carboxylic acids is 1. The minimum atomic E-state index is -0.973. The second kappa shape index (κ2) is 5.46. The molecule has 2 rings (SSSR count). The molecule has 20 heavy (non-hydrogen) atoms. The van der Waals surface area contributed by atoms with Crippen molar-refractivity contribution in [1.82, 2.24) is 9.88 Å².